The molecule has 1 unspecified atom stereocenters. The number of carboxylic acids is 1. The molecule has 0 radical (unpaired) electrons. The number of carbonyl (C=O) groups excluding carboxylic acids is 1. The zero-order valence-electron chi connectivity index (χ0n) is 9.80. The monoisotopic (exact) mass is 270 g/mol. The first-order chi connectivity index (χ1) is 8.56. The standard InChI is InChI=1S/C11H14N2O4S/c1-18-5-3-8(11(16)17)13-10(15)7-6-12-4-2-9(7)14/h2,4,6,8H,3,5H2,1H3,(H,12,14)(H,13,15)(H,16,17). The summed E-state index contributed by atoms with van der Waals surface area (Å²) in [6, 6.07) is 0.233. The Bertz CT molecular complexity index is 486. The Morgan fingerprint density at radius 1 is 1.56 bits per heavy atom. The third kappa shape index (κ3) is 3.92. The van der Waals surface area contributed by atoms with Gasteiger partial charge < -0.3 is 15.4 Å². The number of hydrogen-bond acceptors (Lipinski definition) is 4. The van der Waals surface area contributed by atoms with Crippen LogP contribution in [0.1, 0.15) is 16.8 Å². The number of nitrogens with one attached hydrogen (secondary N) is 2. The van der Waals surface area contributed by atoms with Crippen LogP contribution in [0.15, 0.2) is 23.3 Å². The number of aliphatic carboxylic acids is 1. The van der Waals surface area contributed by atoms with E-state index in [2.05, 4.69) is 10.3 Å². The molecule has 0 aliphatic rings. The van der Waals surface area contributed by atoms with Gasteiger partial charge in [0.2, 0.25) is 0 Å². The van der Waals surface area contributed by atoms with Gasteiger partial charge in [-0.05, 0) is 18.4 Å². The van der Waals surface area contributed by atoms with Crippen LogP contribution in [0.2, 0.25) is 0 Å². The molecule has 7 heteroatoms. The Morgan fingerprint density at radius 3 is 2.83 bits per heavy atom. The maximum atomic E-state index is 11.7. The van der Waals surface area contributed by atoms with Crippen molar-refractivity contribution in [2.45, 2.75) is 12.5 Å². The van der Waals surface area contributed by atoms with Crippen molar-refractivity contribution in [2.75, 3.05) is 12.0 Å². The van der Waals surface area contributed by atoms with Crippen molar-refractivity contribution in [3.63, 3.8) is 0 Å². The smallest absolute Gasteiger partial charge is 0.326 e. The summed E-state index contributed by atoms with van der Waals surface area (Å²) in [6.45, 7) is 0. The summed E-state index contributed by atoms with van der Waals surface area (Å²) in [6.07, 6.45) is 4.82. The molecule has 3 N–H and O–H groups in total. The summed E-state index contributed by atoms with van der Waals surface area (Å²) >= 11 is 1.49. The fourth-order valence-electron chi connectivity index (χ4n) is 1.32. The second kappa shape index (κ2) is 6.85. The van der Waals surface area contributed by atoms with Crippen LogP contribution in [0, 0.1) is 0 Å². The molecule has 0 bridgehead atoms. The molecule has 98 valence electrons. The van der Waals surface area contributed by atoms with Gasteiger partial charge in [-0.2, -0.15) is 11.8 Å². The van der Waals surface area contributed by atoms with Crippen LogP contribution in [0.4, 0.5) is 0 Å². The minimum absolute atomic E-state index is 0.0899. The van der Waals surface area contributed by atoms with E-state index in [1.165, 1.54) is 30.2 Å². The number of carboxylic acid groups (broad SMARTS) is 1. The Morgan fingerprint density at radius 2 is 2.28 bits per heavy atom. The average molecular weight is 270 g/mol. The lowest BCUT2D eigenvalue weighted by molar-refractivity contribution is -0.139. The van der Waals surface area contributed by atoms with Gasteiger partial charge in [0, 0.05) is 18.5 Å². The molecule has 0 saturated carbocycles. The maximum absolute atomic E-state index is 11.7. The first-order valence-electron chi connectivity index (χ1n) is 5.26. The van der Waals surface area contributed by atoms with Gasteiger partial charge in [0.1, 0.15) is 11.6 Å². The van der Waals surface area contributed by atoms with E-state index >= 15 is 0 Å². The zero-order valence-corrected chi connectivity index (χ0v) is 10.6. The second-order valence-corrected chi connectivity index (χ2v) is 4.55. The summed E-state index contributed by atoms with van der Waals surface area (Å²) in [5.41, 5.74) is -0.534. The van der Waals surface area contributed by atoms with E-state index in [9.17, 15) is 14.4 Å². The molecule has 18 heavy (non-hydrogen) atoms. The van der Waals surface area contributed by atoms with E-state index in [0.717, 1.165) is 0 Å². The van der Waals surface area contributed by atoms with E-state index < -0.39 is 23.3 Å². The van der Waals surface area contributed by atoms with Gasteiger partial charge in [-0.25, -0.2) is 4.79 Å². The normalized spacial score (nSPS) is 11.8. The second-order valence-electron chi connectivity index (χ2n) is 3.57. The molecular weight excluding hydrogens is 256 g/mol. The number of aromatic amines is 1. The molecule has 0 saturated heterocycles. The Kier molecular flexibility index (Phi) is 5.44. The number of carbonyl (C=O) groups is 2. The zero-order chi connectivity index (χ0) is 13.5. The van der Waals surface area contributed by atoms with Crippen LogP contribution in [0.3, 0.4) is 0 Å². The largest absolute Gasteiger partial charge is 0.480 e. The van der Waals surface area contributed by atoms with Crippen molar-refractivity contribution in [3.8, 4) is 0 Å². The quantitative estimate of drug-likeness (QED) is 0.691. The van der Waals surface area contributed by atoms with Gasteiger partial charge in [0.25, 0.3) is 5.91 Å². The van der Waals surface area contributed by atoms with Gasteiger partial charge in [-0.1, -0.05) is 0 Å². The predicted molar refractivity (Wildman–Crippen MR) is 69.0 cm³/mol. The Balaban J connectivity index is 2.76. The van der Waals surface area contributed by atoms with Crippen molar-refractivity contribution in [2.24, 2.45) is 0 Å². The third-order valence-corrected chi connectivity index (χ3v) is 2.93. The van der Waals surface area contributed by atoms with Crippen molar-refractivity contribution < 1.29 is 14.7 Å². The first kappa shape index (κ1) is 14.3. The molecule has 1 aromatic rings. The minimum Gasteiger partial charge on any atom is -0.480 e. The molecule has 1 amide bonds. The fraction of sp³-hybridized carbons (Fsp3) is 0.364. The average Bonchev–Trinajstić information content (AvgIpc) is 2.34. The SMILES string of the molecule is CSCCC(NC(=O)c1c[nH]ccc1=O)C(=O)O. The lowest BCUT2D eigenvalue weighted by Crippen LogP contribution is -2.42. The Hall–Kier alpha value is -1.76. The van der Waals surface area contributed by atoms with Crippen molar-refractivity contribution >= 4 is 23.6 Å². The predicted octanol–water partition coefficient (Wildman–Crippen LogP) is 0.311. The van der Waals surface area contributed by atoms with E-state index in [-0.39, 0.29) is 5.56 Å². The van der Waals surface area contributed by atoms with Crippen molar-refractivity contribution in [1.29, 1.82) is 0 Å². The molecule has 0 aliphatic heterocycles. The number of aromatic nitrogens is 1. The first-order valence-corrected chi connectivity index (χ1v) is 6.65. The van der Waals surface area contributed by atoms with E-state index in [1.807, 2.05) is 6.26 Å². The molecule has 6 nitrogen and oxygen atoms in total. The van der Waals surface area contributed by atoms with Crippen LogP contribution in [-0.4, -0.2) is 40.0 Å². The minimum atomic E-state index is -1.11. The number of hydrogen-bond donors (Lipinski definition) is 3. The molecule has 1 rings (SSSR count). The highest BCUT2D eigenvalue weighted by Crippen LogP contribution is 2.02. The topological polar surface area (TPSA) is 99.3 Å². The van der Waals surface area contributed by atoms with E-state index in [4.69, 9.17) is 5.11 Å². The van der Waals surface area contributed by atoms with Gasteiger partial charge in [0.05, 0.1) is 0 Å². The van der Waals surface area contributed by atoms with Gasteiger partial charge >= 0.3 is 5.97 Å². The lowest BCUT2D eigenvalue weighted by Gasteiger charge is -2.13. The van der Waals surface area contributed by atoms with Crippen LogP contribution in [0.25, 0.3) is 0 Å². The summed E-state index contributed by atoms with van der Waals surface area (Å²) in [5, 5.41) is 11.3. The fourth-order valence-corrected chi connectivity index (χ4v) is 1.79. The molecule has 0 fully saturated rings. The summed E-state index contributed by atoms with van der Waals surface area (Å²) in [4.78, 5) is 36.7. The van der Waals surface area contributed by atoms with Gasteiger partial charge in [-0.3, -0.25) is 9.59 Å². The Labute approximate surface area is 108 Å². The summed E-state index contributed by atoms with van der Waals surface area (Å²) < 4.78 is 0. The van der Waals surface area contributed by atoms with Crippen LogP contribution >= 0.6 is 11.8 Å². The van der Waals surface area contributed by atoms with Crippen molar-refractivity contribution in [1.82, 2.24) is 10.3 Å². The van der Waals surface area contributed by atoms with Crippen LogP contribution in [0.5, 0.6) is 0 Å². The molecule has 0 spiro atoms. The number of H-pyrrole nitrogens is 1. The highest BCUT2D eigenvalue weighted by Gasteiger charge is 2.21. The molecule has 1 atom stereocenters. The summed E-state index contributed by atoms with van der Waals surface area (Å²) in [7, 11) is 0. The lowest BCUT2D eigenvalue weighted by atomic mass is 10.2. The van der Waals surface area contributed by atoms with Gasteiger partial charge in [-0.15, -0.1) is 0 Å². The molecule has 0 aliphatic carbocycles. The maximum Gasteiger partial charge on any atom is 0.326 e. The van der Waals surface area contributed by atoms with E-state index in [1.54, 1.807) is 0 Å². The highest BCUT2D eigenvalue weighted by molar-refractivity contribution is 7.98. The van der Waals surface area contributed by atoms with Gasteiger partial charge in [0.15, 0.2) is 5.43 Å². The molecule has 1 heterocycles. The third-order valence-electron chi connectivity index (χ3n) is 2.28. The number of thioether (sulfide) groups is 1. The molecule has 0 aromatic carbocycles. The number of pyridine rings is 1. The van der Waals surface area contributed by atoms with Crippen LogP contribution < -0.4 is 10.7 Å². The molecular formula is C11H14N2O4S. The summed E-state index contributed by atoms with van der Waals surface area (Å²) in [5.74, 6) is -1.17. The van der Waals surface area contributed by atoms with Crippen LogP contribution in [-0.2, 0) is 4.79 Å². The number of amides is 1. The highest BCUT2D eigenvalue weighted by atomic mass is 32.2. The van der Waals surface area contributed by atoms with E-state index in [0.29, 0.717) is 12.2 Å². The van der Waals surface area contributed by atoms with Crippen molar-refractivity contribution in [3.05, 3.63) is 34.2 Å². The number of rotatable bonds is 6. The molecule has 1 aromatic heterocycles.